The summed E-state index contributed by atoms with van der Waals surface area (Å²) < 4.78 is 5.58. The summed E-state index contributed by atoms with van der Waals surface area (Å²) >= 11 is 6.22. The van der Waals surface area contributed by atoms with Crippen molar-refractivity contribution in [3.05, 3.63) is 64.2 Å². The number of carbonyl (C=O) groups excluding carboxylic acids is 1. The molecule has 4 nitrogen and oxygen atoms in total. The van der Waals surface area contributed by atoms with E-state index in [2.05, 4.69) is 29.2 Å². The minimum Gasteiger partial charge on any atom is -0.484 e. The van der Waals surface area contributed by atoms with E-state index in [1.165, 1.54) is 42.6 Å². The van der Waals surface area contributed by atoms with Gasteiger partial charge in [0.2, 0.25) is 0 Å². The Morgan fingerprint density at radius 1 is 1.21 bits per heavy atom. The average molecular weight is 421 g/mol. The molecule has 0 aromatic heterocycles. The number of hydrogen-bond donors (Lipinski definition) is 1. The SMILES string of the molecule is Cl.NC(=O)COc1ccc2c(c1)C(Cc1cccc(Cl)c1)C(N1CCC1)CC2. The van der Waals surface area contributed by atoms with Crippen LogP contribution < -0.4 is 10.5 Å². The molecule has 4 rings (SSSR count). The third kappa shape index (κ3) is 4.62. The Labute approximate surface area is 177 Å². The van der Waals surface area contributed by atoms with Crippen molar-refractivity contribution in [2.24, 2.45) is 5.73 Å². The highest BCUT2D eigenvalue weighted by atomic mass is 35.5. The molecule has 2 atom stereocenters. The smallest absolute Gasteiger partial charge is 0.255 e. The van der Waals surface area contributed by atoms with Crippen LogP contribution in [0.5, 0.6) is 5.75 Å². The number of aryl methyl sites for hydroxylation is 1. The highest BCUT2D eigenvalue weighted by Gasteiger charge is 2.36. The fraction of sp³-hybridized carbons (Fsp3) is 0.409. The molecular weight excluding hydrogens is 395 g/mol. The van der Waals surface area contributed by atoms with Crippen LogP contribution in [0.2, 0.25) is 5.02 Å². The van der Waals surface area contributed by atoms with E-state index in [0.717, 1.165) is 17.9 Å². The molecule has 0 spiro atoms. The summed E-state index contributed by atoms with van der Waals surface area (Å²) in [7, 11) is 0. The van der Waals surface area contributed by atoms with Gasteiger partial charge in [-0.2, -0.15) is 0 Å². The van der Waals surface area contributed by atoms with Gasteiger partial charge in [-0.05, 0) is 79.7 Å². The molecule has 0 bridgehead atoms. The normalized spacial score (nSPS) is 21.2. The minimum atomic E-state index is -0.457. The van der Waals surface area contributed by atoms with Gasteiger partial charge in [-0.15, -0.1) is 12.4 Å². The van der Waals surface area contributed by atoms with Gasteiger partial charge < -0.3 is 10.5 Å². The Morgan fingerprint density at radius 2 is 2.04 bits per heavy atom. The van der Waals surface area contributed by atoms with Crippen LogP contribution in [0.15, 0.2) is 42.5 Å². The minimum absolute atomic E-state index is 0. The third-order valence-corrected chi connectivity index (χ3v) is 6.01. The molecule has 1 aliphatic heterocycles. The molecule has 1 aliphatic carbocycles. The Balaban J connectivity index is 0.00000225. The van der Waals surface area contributed by atoms with Gasteiger partial charge in [-0.25, -0.2) is 0 Å². The van der Waals surface area contributed by atoms with Gasteiger partial charge in [0.15, 0.2) is 6.61 Å². The molecule has 2 aromatic rings. The molecule has 0 saturated carbocycles. The van der Waals surface area contributed by atoms with Gasteiger partial charge in [0.1, 0.15) is 5.75 Å². The van der Waals surface area contributed by atoms with Crippen molar-refractivity contribution in [3.8, 4) is 5.75 Å². The van der Waals surface area contributed by atoms with Crippen LogP contribution in [-0.4, -0.2) is 36.5 Å². The van der Waals surface area contributed by atoms with Crippen molar-refractivity contribution in [2.75, 3.05) is 19.7 Å². The molecule has 28 heavy (non-hydrogen) atoms. The predicted octanol–water partition coefficient (Wildman–Crippen LogP) is 3.97. The van der Waals surface area contributed by atoms with Gasteiger partial charge >= 0.3 is 0 Å². The molecule has 2 N–H and O–H groups in total. The first kappa shape index (κ1) is 21.0. The number of rotatable bonds is 6. The summed E-state index contributed by atoms with van der Waals surface area (Å²) in [5.41, 5.74) is 9.20. The van der Waals surface area contributed by atoms with Gasteiger partial charge in [0, 0.05) is 17.0 Å². The fourth-order valence-corrected chi connectivity index (χ4v) is 4.59. The largest absolute Gasteiger partial charge is 0.484 e. The van der Waals surface area contributed by atoms with Crippen LogP contribution in [0.4, 0.5) is 0 Å². The summed E-state index contributed by atoms with van der Waals surface area (Å²) in [5.74, 6) is 0.652. The lowest BCUT2D eigenvalue weighted by atomic mass is 9.75. The van der Waals surface area contributed by atoms with Crippen molar-refractivity contribution in [1.29, 1.82) is 0 Å². The maximum atomic E-state index is 11.1. The lowest BCUT2D eigenvalue weighted by Gasteiger charge is -2.45. The van der Waals surface area contributed by atoms with Crippen molar-refractivity contribution >= 4 is 29.9 Å². The highest BCUT2D eigenvalue weighted by Crippen LogP contribution is 2.40. The van der Waals surface area contributed by atoms with Gasteiger partial charge in [0.05, 0.1) is 0 Å². The van der Waals surface area contributed by atoms with E-state index in [1.54, 1.807) is 0 Å². The van der Waals surface area contributed by atoms with Gasteiger partial charge in [0.25, 0.3) is 5.91 Å². The van der Waals surface area contributed by atoms with E-state index in [0.29, 0.717) is 17.7 Å². The molecule has 2 aromatic carbocycles. The van der Waals surface area contributed by atoms with Crippen LogP contribution in [0.3, 0.4) is 0 Å². The van der Waals surface area contributed by atoms with E-state index in [-0.39, 0.29) is 19.0 Å². The molecule has 6 heteroatoms. The van der Waals surface area contributed by atoms with Gasteiger partial charge in [-0.1, -0.05) is 29.8 Å². The second kappa shape index (κ2) is 9.17. The van der Waals surface area contributed by atoms with Crippen LogP contribution in [0.1, 0.15) is 35.4 Å². The molecule has 1 saturated heterocycles. The lowest BCUT2D eigenvalue weighted by molar-refractivity contribution is -0.119. The zero-order chi connectivity index (χ0) is 18.8. The fourth-order valence-electron chi connectivity index (χ4n) is 4.38. The van der Waals surface area contributed by atoms with Crippen LogP contribution >= 0.6 is 24.0 Å². The van der Waals surface area contributed by atoms with Crippen LogP contribution in [0.25, 0.3) is 0 Å². The topological polar surface area (TPSA) is 55.6 Å². The van der Waals surface area contributed by atoms with Crippen LogP contribution in [0, 0.1) is 0 Å². The summed E-state index contributed by atoms with van der Waals surface area (Å²) in [4.78, 5) is 13.7. The van der Waals surface area contributed by atoms with E-state index in [4.69, 9.17) is 22.1 Å². The molecule has 0 radical (unpaired) electrons. The summed E-state index contributed by atoms with van der Waals surface area (Å²) in [6.45, 7) is 2.28. The Hall–Kier alpha value is -1.75. The Morgan fingerprint density at radius 3 is 2.71 bits per heavy atom. The number of nitrogens with two attached hydrogens (primary N) is 1. The molecule has 2 aliphatic rings. The first-order valence-electron chi connectivity index (χ1n) is 9.62. The molecule has 1 amide bonds. The average Bonchev–Trinajstić information content (AvgIpc) is 2.60. The number of primary amides is 1. The van der Waals surface area contributed by atoms with E-state index < -0.39 is 5.91 Å². The van der Waals surface area contributed by atoms with E-state index >= 15 is 0 Å². The zero-order valence-electron chi connectivity index (χ0n) is 15.8. The van der Waals surface area contributed by atoms with Crippen molar-refractivity contribution in [2.45, 2.75) is 37.6 Å². The number of halogens is 2. The van der Waals surface area contributed by atoms with Gasteiger partial charge in [-0.3, -0.25) is 9.69 Å². The number of ether oxygens (including phenoxy) is 1. The van der Waals surface area contributed by atoms with E-state index in [1.807, 2.05) is 18.2 Å². The quantitative estimate of drug-likeness (QED) is 0.768. The second-order valence-electron chi connectivity index (χ2n) is 7.55. The summed E-state index contributed by atoms with van der Waals surface area (Å²) in [5, 5.41) is 0.780. The summed E-state index contributed by atoms with van der Waals surface area (Å²) in [6, 6.07) is 14.9. The number of hydrogen-bond acceptors (Lipinski definition) is 3. The number of fused-ring (bicyclic) bond motifs is 1. The maximum absolute atomic E-state index is 11.1. The monoisotopic (exact) mass is 420 g/mol. The highest BCUT2D eigenvalue weighted by molar-refractivity contribution is 6.30. The number of carbonyl (C=O) groups is 1. The molecule has 150 valence electrons. The third-order valence-electron chi connectivity index (χ3n) is 5.78. The standard InChI is InChI=1S/C22H25ClN2O2.ClH/c23-17-4-1-3-15(11-17)12-20-19-13-18(27-14-22(24)26)7-5-16(19)6-8-21(20)25-9-2-10-25;/h1,3-5,7,11,13,20-21H,2,6,8-10,12,14H2,(H2,24,26);1H. The first-order chi connectivity index (χ1) is 13.1. The van der Waals surface area contributed by atoms with E-state index in [9.17, 15) is 4.79 Å². The number of likely N-dealkylation sites (tertiary alicyclic amines) is 1. The maximum Gasteiger partial charge on any atom is 0.255 e. The molecule has 2 unspecified atom stereocenters. The van der Waals surface area contributed by atoms with Crippen molar-refractivity contribution in [1.82, 2.24) is 4.90 Å². The summed E-state index contributed by atoms with van der Waals surface area (Å²) in [6.07, 6.45) is 4.50. The predicted molar refractivity (Wildman–Crippen MR) is 115 cm³/mol. The van der Waals surface area contributed by atoms with Crippen LogP contribution in [-0.2, 0) is 17.6 Å². The first-order valence-corrected chi connectivity index (χ1v) is 10.0. The van der Waals surface area contributed by atoms with Crippen molar-refractivity contribution < 1.29 is 9.53 Å². The Kier molecular flexibility index (Phi) is 6.86. The Bertz CT molecular complexity index is 839. The molecule has 1 heterocycles. The molecule has 1 fully saturated rings. The number of amides is 1. The number of nitrogens with zero attached hydrogens (tertiary/aromatic N) is 1. The second-order valence-corrected chi connectivity index (χ2v) is 7.99. The molecular formula is C22H26Cl2N2O2. The number of benzene rings is 2. The lowest BCUT2D eigenvalue weighted by Crippen LogP contribution is -2.49. The zero-order valence-corrected chi connectivity index (χ0v) is 17.3. The van der Waals surface area contributed by atoms with Crippen molar-refractivity contribution in [3.63, 3.8) is 0 Å².